The largest absolute Gasteiger partial charge is 0.493 e. The molecule has 1 atom stereocenters. The van der Waals surface area contributed by atoms with Gasteiger partial charge in [0.1, 0.15) is 0 Å². The van der Waals surface area contributed by atoms with Gasteiger partial charge in [0.15, 0.2) is 11.5 Å². The predicted octanol–water partition coefficient (Wildman–Crippen LogP) is 3.44. The summed E-state index contributed by atoms with van der Waals surface area (Å²) in [7, 11) is 1.54. The number of esters is 1. The van der Waals surface area contributed by atoms with Crippen LogP contribution in [0.2, 0.25) is 0 Å². The minimum atomic E-state index is -0.659. The van der Waals surface area contributed by atoms with Gasteiger partial charge in [0.2, 0.25) is 0 Å². The number of hydrogen-bond donors (Lipinski definition) is 2. The fourth-order valence-electron chi connectivity index (χ4n) is 2.67. The van der Waals surface area contributed by atoms with E-state index in [0.717, 1.165) is 6.42 Å². The van der Waals surface area contributed by atoms with Gasteiger partial charge in [-0.2, -0.15) is 0 Å². The molecule has 0 saturated carbocycles. The van der Waals surface area contributed by atoms with Crippen LogP contribution in [0.25, 0.3) is 0 Å². The number of amides is 2. The van der Waals surface area contributed by atoms with Crippen LogP contribution < -0.4 is 20.1 Å². The van der Waals surface area contributed by atoms with E-state index in [0.29, 0.717) is 39.4 Å². The van der Waals surface area contributed by atoms with E-state index in [9.17, 15) is 9.59 Å². The molecule has 8 heteroatoms. The molecular weight excluding hydrogens is 404 g/mol. The minimum absolute atomic E-state index is 0.243. The van der Waals surface area contributed by atoms with Crippen molar-refractivity contribution >= 4 is 27.9 Å². The second-order valence-electron chi connectivity index (χ2n) is 5.67. The van der Waals surface area contributed by atoms with Crippen molar-refractivity contribution < 1.29 is 23.8 Å². The Morgan fingerprint density at radius 2 is 2.04 bits per heavy atom. The molecule has 1 heterocycles. The van der Waals surface area contributed by atoms with Crippen LogP contribution in [0.5, 0.6) is 11.5 Å². The van der Waals surface area contributed by atoms with E-state index in [4.69, 9.17) is 14.2 Å². The Labute approximate surface area is 161 Å². The molecule has 0 spiro atoms. The molecule has 0 radical (unpaired) electrons. The van der Waals surface area contributed by atoms with Crippen molar-refractivity contribution in [1.29, 1.82) is 0 Å². The molecule has 0 aromatic heterocycles. The summed E-state index contributed by atoms with van der Waals surface area (Å²) in [6, 6.07) is 2.50. The Hall–Kier alpha value is -2.22. The van der Waals surface area contributed by atoms with Crippen LogP contribution >= 0.6 is 15.9 Å². The van der Waals surface area contributed by atoms with Crippen molar-refractivity contribution in [1.82, 2.24) is 10.6 Å². The Kier molecular flexibility index (Phi) is 6.90. The van der Waals surface area contributed by atoms with Gasteiger partial charge in [-0.3, -0.25) is 0 Å². The number of rotatable bonds is 7. The molecular formula is C18H23BrN2O5. The van der Waals surface area contributed by atoms with Gasteiger partial charge in [-0.25, -0.2) is 9.59 Å². The predicted molar refractivity (Wildman–Crippen MR) is 100 cm³/mol. The Morgan fingerprint density at radius 3 is 2.65 bits per heavy atom. The van der Waals surface area contributed by atoms with Crippen molar-refractivity contribution in [3.05, 3.63) is 33.4 Å². The number of nitrogens with one attached hydrogen (secondary N) is 2. The maximum Gasteiger partial charge on any atom is 0.338 e. The first-order valence-corrected chi connectivity index (χ1v) is 9.17. The topological polar surface area (TPSA) is 85.9 Å². The van der Waals surface area contributed by atoms with Crippen molar-refractivity contribution in [2.45, 2.75) is 33.2 Å². The third-order valence-corrected chi connectivity index (χ3v) is 4.39. The zero-order chi connectivity index (χ0) is 19.3. The molecule has 26 heavy (non-hydrogen) atoms. The third-order valence-electron chi connectivity index (χ3n) is 3.80. The summed E-state index contributed by atoms with van der Waals surface area (Å²) in [6.07, 6.45) is 0.858. The minimum Gasteiger partial charge on any atom is -0.493 e. The average Bonchev–Trinajstić information content (AvgIpc) is 2.59. The molecule has 2 rings (SSSR count). The molecule has 1 unspecified atom stereocenters. The first-order chi connectivity index (χ1) is 12.4. The Balaban J connectivity index is 2.50. The first kappa shape index (κ1) is 20.1. The number of carbonyl (C=O) groups excluding carboxylic acids is 2. The molecule has 0 saturated heterocycles. The maximum atomic E-state index is 12.4. The smallest absolute Gasteiger partial charge is 0.338 e. The second kappa shape index (κ2) is 8.93. The van der Waals surface area contributed by atoms with E-state index in [-0.39, 0.29) is 12.6 Å². The number of benzene rings is 1. The van der Waals surface area contributed by atoms with Crippen LogP contribution in [0, 0.1) is 0 Å². The fraction of sp³-hybridized carbons (Fsp3) is 0.444. The summed E-state index contributed by atoms with van der Waals surface area (Å²) in [5, 5.41) is 5.38. The number of ether oxygens (including phenoxy) is 3. The van der Waals surface area contributed by atoms with E-state index in [1.54, 1.807) is 33.1 Å². The molecule has 2 amide bonds. The summed E-state index contributed by atoms with van der Waals surface area (Å²) in [4.78, 5) is 24.4. The molecule has 2 N–H and O–H groups in total. The highest BCUT2D eigenvalue weighted by Gasteiger charge is 2.33. The van der Waals surface area contributed by atoms with Crippen molar-refractivity contribution in [2.75, 3.05) is 20.3 Å². The van der Waals surface area contributed by atoms with Gasteiger partial charge in [-0.1, -0.05) is 6.92 Å². The van der Waals surface area contributed by atoms with Crippen LogP contribution in [0.1, 0.15) is 38.8 Å². The molecule has 1 aromatic rings. The quantitative estimate of drug-likeness (QED) is 0.652. The first-order valence-electron chi connectivity index (χ1n) is 8.38. The third kappa shape index (κ3) is 4.30. The lowest BCUT2D eigenvalue weighted by atomic mass is 9.95. The highest BCUT2D eigenvalue weighted by molar-refractivity contribution is 9.10. The lowest BCUT2D eigenvalue weighted by molar-refractivity contribution is -0.139. The van der Waals surface area contributed by atoms with Crippen molar-refractivity contribution in [3.63, 3.8) is 0 Å². The molecule has 7 nitrogen and oxygen atoms in total. The standard InChI is InChI=1S/C18H23BrN2O5/c1-5-7-26-16-12(19)8-11(9-13(16)24-4)15-14(17(22)25-6-2)10(3)20-18(23)21-15/h8-9,15H,5-7H2,1-4H3,(H2,20,21,23). The number of carbonyl (C=O) groups is 2. The normalized spacial score (nSPS) is 16.7. The fourth-order valence-corrected chi connectivity index (χ4v) is 3.25. The van der Waals surface area contributed by atoms with E-state index >= 15 is 0 Å². The molecule has 1 aliphatic rings. The zero-order valence-corrected chi connectivity index (χ0v) is 16.9. The zero-order valence-electron chi connectivity index (χ0n) is 15.3. The van der Waals surface area contributed by atoms with Crippen LogP contribution in [0.15, 0.2) is 27.9 Å². The van der Waals surface area contributed by atoms with E-state index in [2.05, 4.69) is 26.6 Å². The van der Waals surface area contributed by atoms with E-state index in [1.807, 2.05) is 6.92 Å². The Morgan fingerprint density at radius 1 is 1.31 bits per heavy atom. The van der Waals surface area contributed by atoms with Gasteiger partial charge < -0.3 is 24.8 Å². The highest BCUT2D eigenvalue weighted by Crippen LogP contribution is 2.40. The van der Waals surface area contributed by atoms with Crippen molar-refractivity contribution in [2.24, 2.45) is 0 Å². The molecule has 0 bridgehead atoms. The SMILES string of the molecule is CCCOc1c(Br)cc(C2NC(=O)NC(C)=C2C(=O)OCC)cc1OC. The van der Waals surface area contributed by atoms with Crippen LogP contribution in [-0.2, 0) is 9.53 Å². The van der Waals surface area contributed by atoms with E-state index < -0.39 is 12.0 Å². The van der Waals surface area contributed by atoms with Crippen molar-refractivity contribution in [3.8, 4) is 11.5 Å². The molecule has 0 aliphatic carbocycles. The molecule has 0 fully saturated rings. The lowest BCUT2D eigenvalue weighted by Gasteiger charge is -2.28. The number of urea groups is 1. The summed E-state index contributed by atoms with van der Waals surface area (Å²) in [5.74, 6) is 0.608. The van der Waals surface area contributed by atoms with Gasteiger partial charge in [-0.15, -0.1) is 0 Å². The monoisotopic (exact) mass is 426 g/mol. The molecule has 1 aromatic carbocycles. The number of halogens is 1. The van der Waals surface area contributed by atoms with Gasteiger partial charge in [0.25, 0.3) is 0 Å². The summed E-state index contributed by atoms with van der Waals surface area (Å²) < 4.78 is 17.0. The highest BCUT2D eigenvalue weighted by atomic mass is 79.9. The van der Waals surface area contributed by atoms with Crippen LogP contribution in [0.3, 0.4) is 0 Å². The van der Waals surface area contributed by atoms with E-state index in [1.165, 1.54) is 0 Å². The Bertz CT molecular complexity index is 733. The van der Waals surface area contributed by atoms with Gasteiger partial charge in [-0.05, 0) is 53.9 Å². The number of hydrogen-bond acceptors (Lipinski definition) is 5. The summed E-state index contributed by atoms with van der Waals surface area (Å²) in [5.41, 5.74) is 1.48. The number of methoxy groups -OCH3 is 1. The van der Waals surface area contributed by atoms with Gasteiger partial charge >= 0.3 is 12.0 Å². The second-order valence-corrected chi connectivity index (χ2v) is 6.53. The van der Waals surface area contributed by atoms with Crippen LogP contribution in [-0.4, -0.2) is 32.3 Å². The maximum absolute atomic E-state index is 12.4. The lowest BCUT2D eigenvalue weighted by Crippen LogP contribution is -2.45. The summed E-state index contributed by atoms with van der Waals surface area (Å²) >= 11 is 3.49. The molecule has 1 aliphatic heterocycles. The van der Waals surface area contributed by atoms with Crippen LogP contribution in [0.4, 0.5) is 4.79 Å². The molecule has 142 valence electrons. The number of allylic oxidation sites excluding steroid dienone is 1. The average molecular weight is 427 g/mol. The summed E-state index contributed by atoms with van der Waals surface area (Å²) in [6.45, 7) is 6.21. The van der Waals surface area contributed by atoms with Gasteiger partial charge in [0.05, 0.1) is 36.4 Å². The van der Waals surface area contributed by atoms with Gasteiger partial charge in [0, 0.05) is 5.70 Å².